The number of fused-ring (bicyclic) bond motifs is 3. The van der Waals surface area contributed by atoms with E-state index in [4.69, 9.17) is 14.2 Å². The zero-order valence-corrected chi connectivity index (χ0v) is 33.8. The second-order valence-electron chi connectivity index (χ2n) is 16.9. The van der Waals surface area contributed by atoms with Gasteiger partial charge in [0.2, 0.25) is 21.8 Å². The first kappa shape index (κ1) is 41.3. The number of benzene rings is 1. The number of carbonyl (C=O) groups is 5. The van der Waals surface area contributed by atoms with Gasteiger partial charge in [-0.05, 0) is 96.7 Å². The van der Waals surface area contributed by atoms with E-state index in [1.165, 1.54) is 4.90 Å². The quantitative estimate of drug-likeness (QED) is 0.311. The Hall–Kier alpha value is -4.38. The third kappa shape index (κ3) is 10.1. The zero-order chi connectivity index (χ0) is 40.4. The standard InChI is InChI=1S/C39H56N6O10S/c1-38(2,3)55-36(49)40-31-12-10-8-6-7-9-11-27-21-39(27,35(48)42-56(51,52)30-15-16-30)41-33(46)32-20-29(24-45(32)34(31)47)54-37(50)44-22-25-13-14-28(19-26(25)23-44)53-18-17-43(4)5/h9,11,13-14,19,27,29-32H,6-8,10,12,15-18,20-24H2,1-5H3,(H,40,49)(H,41,46)(H,42,48)/b11-9-/t27-,29-,31+,32?,39-/m1/s1. The lowest BCUT2D eigenvalue weighted by Gasteiger charge is -2.30. The molecule has 5 amide bonds. The topological polar surface area (TPSA) is 193 Å². The summed E-state index contributed by atoms with van der Waals surface area (Å²) in [7, 11) is 0.0161. The third-order valence-corrected chi connectivity index (χ3v) is 12.6. The number of nitrogens with one attached hydrogen (secondary N) is 3. The largest absolute Gasteiger partial charge is 0.492 e. The van der Waals surface area contributed by atoms with Crippen molar-refractivity contribution in [3.8, 4) is 5.75 Å². The second kappa shape index (κ2) is 16.6. The van der Waals surface area contributed by atoms with Crippen molar-refractivity contribution in [2.75, 3.05) is 33.8 Å². The number of allylic oxidation sites excluding steroid dienone is 1. The first-order valence-corrected chi connectivity index (χ1v) is 21.2. The summed E-state index contributed by atoms with van der Waals surface area (Å²) < 4.78 is 45.1. The molecule has 2 aliphatic carbocycles. The van der Waals surface area contributed by atoms with Crippen LogP contribution in [0.3, 0.4) is 0 Å². The highest BCUT2D eigenvalue weighted by Gasteiger charge is 2.62. The summed E-state index contributed by atoms with van der Waals surface area (Å²) in [5, 5.41) is 4.89. The van der Waals surface area contributed by atoms with Crippen LogP contribution in [0.5, 0.6) is 5.75 Å². The Morgan fingerprint density at radius 3 is 2.50 bits per heavy atom. The molecule has 0 aromatic heterocycles. The van der Waals surface area contributed by atoms with Crippen LogP contribution in [0, 0.1) is 5.92 Å². The fraction of sp³-hybridized carbons (Fsp3) is 0.667. The molecule has 0 spiro atoms. The molecule has 56 heavy (non-hydrogen) atoms. The molecule has 3 aliphatic heterocycles. The van der Waals surface area contributed by atoms with Gasteiger partial charge in [-0.3, -0.25) is 24.0 Å². The minimum atomic E-state index is -3.91. The predicted molar refractivity (Wildman–Crippen MR) is 205 cm³/mol. The lowest BCUT2D eigenvalue weighted by atomic mass is 10.0. The van der Waals surface area contributed by atoms with Gasteiger partial charge in [-0.1, -0.05) is 31.1 Å². The van der Waals surface area contributed by atoms with Gasteiger partial charge in [0.05, 0.1) is 11.8 Å². The Balaban J connectivity index is 1.21. The highest BCUT2D eigenvalue weighted by Crippen LogP contribution is 2.46. The van der Waals surface area contributed by atoms with Crippen molar-refractivity contribution < 1.29 is 46.6 Å². The van der Waals surface area contributed by atoms with Crippen LogP contribution >= 0.6 is 0 Å². The van der Waals surface area contributed by atoms with Gasteiger partial charge in [-0.15, -0.1) is 0 Å². The van der Waals surface area contributed by atoms with E-state index in [1.807, 2.05) is 49.3 Å². The van der Waals surface area contributed by atoms with Crippen molar-refractivity contribution in [3.63, 3.8) is 0 Å². The van der Waals surface area contributed by atoms with Crippen LogP contribution < -0.4 is 20.1 Å². The highest BCUT2D eigenvalue weighted by molar-refractivity contribution is 7.91. The Bertz CT molecular complexity index is 1830. The maximum atomic E-state index is 14.4. The molecule has 5 aliphatic rings. The molecule has 3 N–H and O–H groups in total. The molecule has 2 saturated carbocycles. The molecule has 3 fully saturated rings. The molecule has 1 aromatic carbocycles. The molecule has 0 bridgehead atoms. The third-order valence-electron chi connectivity index (χ3n) is 10.8. The number of ether oxygens (including phenoxy) is 3. The van der Waals surface area contributed by atoms with Crippen LogP contribution in [0.2, 0.25) is 0 Å². The molecule has 1 saturated heterocycles. The second-order valence-corrected chi connectivity index (χ2v) is 18.9. The maximum absolute atomic E-state index is 14.4. The predicted octanol–water partition coefficient (Wildman–Crippen LogP) is 2.95. The number of hydrogen-bond acceptors (Lipinski definition) is 11. The highest BCUT2D eigenvalue weighted by atomic mass is 32.2. The molecule has 16 nitrogen and oxygen atoms in total. The minimum absolute atomic E-state index is 0.0777. The summed E-state index contributed by atoms with van der Waals surface area (Å²) in [4.78, 5) is 73.8. The normalized spacial score (nSPS) is 27.5. The lowest BCUT2D eigenvalue weighted by Crippen LogP contribution is -2.58. The molecule has 3 heterocycles. The molecular weight excluding hydrogens is 745 g/mol. The molecule has 0 radical (unpaired) electrons. The monoisotopic (exact) mass is 800 g/mol. The van der Waals surface area contributed by atoms with E-state index in [-0.39, 0.29) is 32.4 Å². The Labute approximate surface area is 329 Å². The number of likely N-dealkylation sites (N-methyl/N-ethyl adjacent to an activating group) is 1. The summed E-state index contributed by atoms with van der Waals surface area (Å²) in [6.45, 7) is 6.86. The summed E-state index contributed by atoms with van der Waals surface area (Å²) in [5.74, 6) is -1.82. The smallest absolute Gasteiger partial charge is 0.410 e. The van der Waals surface area contributed by atoms with E-state index < -0.39 is 80.4 Å². The summed E-state index contributed by atoms with van der Waals surface area (Å²) in [6, 6.07) is 3.45. The zero-order valence-electron chi connectivity index (χ0n) is 33.0. The fourth-order valence-corrected chi connectivity index (χ4v) is 8.81. The number of sulfonamides is 1. The molecular formula is C39H56N6O10S. The summed E-state index contributed by atoms with van der Waals surface area (Å²) in [6.07, 6.45) is 5.54. The van der Waals surface area contributed by atoms with E-state index in [0.717, 1.165) is 30.5 Å². The van der Waals surface area contributed by atoms with Crippen LogP contribution in [-0.2, 0) is 47.0 Å². The van der Waals surface area contributed by atoms with Crippen molar-refractivity contribution in [2.24, 2.45) is 5.92 Å². The molecule has 6 rings (SSSR count). The summed E-state index contributed by atoms with van der Waals surface area (Å²) >= 11 is 0. The van der Waals surface area contributed by atoms with E-state index in [0.29, 0.717) is 44.6 Å². The van der Waals surface area contributed by atoms with Crippen LogP contribution in [0.25, 0.3) is 0 Å². The van der Waals surface area contributed by atoms with Crippen LogP contribution in [-0.4, -0.2) is 121 Å². The summed E-state index contributed by atoms with van der Waals surface area (Å²) in [5.41, 5.74) is -0.488. The SMILES string of the molecule is CN(C)CCOc1ccc2c(c1)CN(C(=O)O[C@@H]1CC3C(=O)N[C@]4(C(=O)NS(=O)(=O)C5CC5)C[C@H]4/C=C\CCCCC[C@H](NC(=O)OC(C)(C)C)C(=O)N3C1)C2. The van der Waals surface area contributed by atoms with Gasteiger partial charge in [0.1, 0.15) is 41.7 Å². The van der Waals surface area contributed by atoms with Gasteiger partial charge in [-0.25, -0.2) is 18.0 Å². The van der Waals surface area contributed by atoms with Gasteiger partial charge in [0.15, 0.2) is 0 Å². The van der Waals surface area contributed by atoms with Gasteiger partial charge in [0, 0.05) is 32.0 Å². The number of rotatable bonds is 9. The molecule has 1 aromatic rings. The first-order valence-electron chi connectivity index (χ1n) is 19.6. The number of carbonyl (C=O) groups excluding carboxylic acids is 5. The Kier molecular flexibility index (Phi) is 12.2. The lowest BCUT2D eigenvalue weighted by molar-refractivity contribution is -0.141. The van der Waals surface area contributed by atoms with Gasteiger partial charge in [0.25, 0.3) is 5.91 Å². The van der Waals surface area contributed by atoms with Crippen molar-refractivity contribution in [1.29, 1.82) is 0 Å². The Morgan fingerprint density at radius 1 is 1.04 bits per heavy atom. The average Bonchev–Trinajstić information content (AvgIpc) is 4.00. The van der Waals surface area contributed by atoms with E-state index in [9.17, 15) is 32.4 Å². The van der Waals surface area contributed by atoms with E-state index in [1.54, 1.807) is 25.7 Å². The Morgan fingerprint density at radius 2 is 1.79 bits per heavy atom. The number of hydrogen-bond donors (Lipinski definition) is 3. The van der Waals surface area contributed by atoms with Crippen molar-refractivity contribution in [2.45, 2.75) is 126 Å². The van der Waals surface area contributed by atoms with E-state index >= 15 is 0 Å². The van der Waals surface area contributed by atoms with Crippen LogP contribution in [0.15, 0.2) is 30.4 Å². The maximum Gasteiger partial charge on any atom is 0.410 e. The van der Waals surface area contributed by atoms with Crippen molar-refractivity contribution >= 4 is 39.9 Å². The molecule has 5 atom stereocenters. The molecule has 308 valence electrons. The fourth-order valence-electron chi connectivity index (χ4n) is 7.45. The van der Waals surface area contributed by atoms with Crippen molar-refractivity contribution in [1.82, 2.24) is 30.1 Å². The minimum Gasteiger partial charge on any atom is -0.492 e. The van der Waals surface area contributed by atoms with Crippen LogP contribution in [0.1, 0.15) is 89.7 Å². The van der Waals surface area contributed by atoms with Gasteiger partial charge in [-0.2, -0.15) is 0 Å². The van der Waals surface area contributed by atoms with E-state index in [2.05, 4.69) is 15.4 Å². The average molecular weight is 801 g/mol. The molecule has 17 heteroatoms. The first-order chi connectivity index (χ1) is 26.4. The number of amides is 5. The number of nitrogens with zero attached hydrogens (tertiary/aromatic N) is 3. The van der Waals surface area contributed by atoms with Crippen molar-refractivity contribution in [3.05, 3.63) is 41.5 Å². The van der Waals surface area contributed by atoms with Gasteiger partial charge < -0.3 is 34.6 Å². The molecule has 1 unspecified atom stereocenters. The number of alkyl carbamates (subject to hydrolysis) is 1. The van der Waals surface area contributed by atoms with Crippen LogP contribution in [0.4, 0.5) is 9.59 Å². The van der Waals surface area contributed by atoms with Gasteiger partial charge >= 0.3 is 12.2 Å².